The Labute approximate surface area is 170 Å². The largest absolute Gasteiger partial charge is 0.463 e. The zero-order valence-electron chi connectivity index (χ0n) is 15.2. The molecule has 1 aliphatic heterocycles. The summed E-state index contributed by atoms with van der Waals surface area (Å²) in [5.41, 5.74) is -0.372. The molecule has 0 aliphatic carbocycles. The Bertz CT molecular complexity index is 679. The molecule has 27 heavy (non-hydrogen) atoms. The van der Waals surface area contributed by atoms with Gasteiger partial charge >= 0.3 is 17.9 Å². The molecular weight excluding hydrogens is 440 g/mol. The van der Waals surface area contributed by atoms with Crippen molar-refractivity contribution < 1.29 is 33.3 Å². The van der Waals surface area contributed by atoms with Gasteiger partial charge in [-0.3, -0.25) is 14.4 Å². The third-order valence-electron chi connectivity index (χ3n) is 3.64. The van der Waals surface area contributed by atoms with E-state index in [4.69, 9.17) is 18.9 Å². The average molecular weight is 461 g/mol. The quantitative estimate of drug-likeness (QED) is 0.472. The van der Waals surface area contributed by atoms with Crippen molar-refractivity contribution in [1.82, 2.24) is 0 Å². The lowest BCUT2D eigenvalue weighted by molar-refractivity contribution is -0.204. The van der Waals surface area contributed by atoms with E-state index in [1.165, 1.54) is 32.5 Å². The highest BCUT2D eigenvalue weighted by Gasteiger charge is 2.43. The maximum atomic E-state index is 11.5. The summed E-state index contributed by atoms with van der Waals surface area (Å²) in [7, 11) is 0. The lowest BCUT2D eigenvalue weighted by Crippen LogP contribution is -2.53. The van der Waals surface area contributed by atoms with E-state index in [0.29, 0.717) is 6.42 Å². The topological polar surface area (TPSA) is 88.1 Å². The zero-order valence-corrected chi connectivity index (χ0v) is 17.6. The van der Waals surface area contributed by atoms with Crippen LogP contribution in [0.1, 0.15) is 27.2 Å². The summed E-state index contributed by atoms with van der Waals surface area (Å²) in [6.07, 6.45) is -1.97. The fraction of sp³-hybridized carbons (Fsp3) is 0.500. The summed E-state index contributed by atoms with van der Waals surface area (Å²) in [5.74, 6) is -1.50. The highest BCUT2D eigenvalue weighted by Crippen LogP contribution is 2.35. The van der Waals surface area contributed by atoms with Crippen molar-refractivity contribution >= 4 is 45.6 Å². The number of carbonyl (C=O) groups is 3. The number of carbonyl (C=O) groups excluding carboxylic acids is 3. The van der Waals surface area contributed by atoms with E-state index in [9.17, 15) is 14.4 Å². The molecule has 0 unspecified atom stereocenters. The Morgan fingerprint density at radius 2 is 1.70 bits per heavy atom. The van der Waals surface area contributed by atoms with Crippen LogP contribution in [0.4, 0.5) is 0 Å². The third-order valence-corrected chi connectivity index (χ3v) is 5.28. The highest BCUT2D eigenvalue weighted by atomic mass is 79.9. The summed E-state index contributed by atoms with van der Waals surface area (Å²) in [6.45, 7) is 3.72. The lowest BCUT2D eigenvalue weighted by atomic mass is 10.0. The van der Waals surface area contributed by atoms with E-state index in [0.717, 1.165) is 9.37 Å². The van der Waals surface area contributed by atoms with Crippen molar-refractivity contribution in [2.75, 3.05) is 6.61 Å². The van der Waals surface area contributed by atoms with Crippen molar-refractivity contribution in [3.63, 3.8) is 0 Å². The van der Waals surface area contributed by atoms with Gasteiger partial charge in [-0.1, -0.05) is 27.7 Å². The van der Waals surface area contributed by atoms with Crippen LogP contribution >= 0.6 is 27.7 Å². The van der Waals surface area contributed by atoms with Gasteiger partial charge in [0.15, 0.2) is 6.10 Å². The lowest BCUT2D eigenvalue weighted by Gasteiger charge is -2.39. The van der Waals surface area contributed by atoms with E-state index in [2.05, 4.69) is 15.9 Å². The van der Waals surface area contributed by atoms with Gasteiger partial charge in [0.2, 0.25) is 0 Å². The molecule has 9 heteroatoms. The fourth-order valence-corrected chi connectivity index (χ4v) is 3.98. The summed E-state index contributed by atoms with van der Waals surface area (Å²) in [4.78, 5) is 35.2. The summed E-state index contributed by atoms with van der Waals surface area (Å²) >= 11 is 4.83. The van der Waals surface area contributed by atoms with Crippen molar-refractivity contribution in [1.29, 1.82) is 0 Å². The van der Waals surface area contributed by atoms with Crippen LogP contribution in [0, 0.1) is 0 Å². The molecule has 1 aromatic carbocycles. The van der Waals surface area contributed by atoms with Gasteiger partial charge < -0.3 is 18.9 Å². The first-order chi connectivity index (χ1) is 12.7. The maximum Gasteiger partial charge on any atom is 0.303 e. The van der Waals surface area contributed by atoms with Crippen molar-refractivity contribution in [2.24, 2.45) is 0 Å². The van der Waals surface area contributed by atoms with E-state index < -0.39 is 36.2 Å². The number of benzene rings is 1. The van der Waals surface area contributed by atoms with Crippen LogP contribution in [0.3, 0.4) is 0 Å². The molecule has 1 aromatic rings. The van der Waals surface area contributed by atoms with Gasteiger partial charge in [0, 0.05) is 36.6 Å². The highest BCUT2D eigenvalue weighted by molar-refractivity contribution is 9.10. The van der Waals surface area contributed by atoms with Crippen LogP contribution in [0.5, 0.6) is 0 Å². The molecular formula is C18H21BrO7S. The number of hydrogen-bond donors (Lipinski definition) is 0. The number of rotatable bonds is 6. The number of halogens is 1. The van der Waals surface area contributed by atoms with Gasteiger partial charge in [-0.15, -0.1) is 0 Å². The van der Waals surface area contributed by atoms with Gasteiger partial charge in [0.1, 0.15) is 24.3 Å². The molecule has 0 saturated carbocycles. The van der Waals surface area contributed by atoms with Crippen LogP contribution < -0.4 is 0 Å². The van der Waals surface area contributed by atoms with Crippen molar-refractivity contribution in [3.8, 4) is 0 Å². The van der Waals surface area contributed by atoms with Gasteiger partial charge in [-0.2, -0.15) is 0 Å². The Morgan fingerprint density at radius 3 is 2.26 bits per heavy atom. The first-order valence-electron chi connectivity index (χ1n) is 8.30. The van der Waals surface area contributed by atoms with Crippen LogP contribution in [0.25, 0.3) is 0 Å². The second kappa shape index (κ2) is 10.1. The van der Waals surface area contributed by atoms with Crippen molar-refractivity contribution in [2.45, 2.75) is 55.8 Å². The van der Waals surface area contributed by atoms with E-state index in [-0.39, 0.29) is 12.0 Å². The summed E-state index contributed by atoms with van der Waals surface area (Å²) in [6, 6.07) is 7.68. The minimum Gasteiger partial charge on any atom is -0.463 e. The molecule has 1 aliphatic rings. The molecule has 2 rings (SSSR count). The minimum atomic E-state index is -0.854. The number of hydrogen-bond acceptors (Lipinski definition) is 8. The molecule has 4 atom stereocenters. The molecule has 0 radical (unpaired) electrons. The van der Waals surface area contributed by atoms with E-state index in [1.807, 2.05) is 24.3 Å². The molecule has 0 N–H and O–H groups in total. The fourth-order valence-electron chi connectivity index (χ4n) is 2.64. The van der Waals surface area contributed by atoms with Gasteiger partial charge in [-0.05, 0) is 24.3 Å². The molecule has 148 valence electrons. The smallest absolute Gasteiger partial charge is 0.303 e. The van der Waals surface area contributed by atoms with Crippen LogP contribution in [0.15, 0.2) is 33.6 Å². The second-order valence-electron chi connectivity index (χ2n) is 5.94. The minimum absolute atomic E-state index is 0.109. The summed E-state index contributed by atoms with van der Waals surface area (Å²) < 4.78 is 22.7. The molecule has 1 heterocycles. The standard InChI is InChI=1S/C18H21BrO7S/c1-10(20)23-9-16-18(25-12(3)22)15(24-11(2)21)8-17(26-16)27-14-6-4-13(19)5-7-14/h4-7,15-18H,8-9H2,1-3H3/t15-,16-,17-,18+/m1/s1. The number of thioether (sulfide) groups is 1. The molecule has 1 fully saturated rings. The number of esters is 3. The van der Waals surface area contributed by atoms with Crippen LogP contribution in [0.2, 0.25) is 0 Å². The summed E-state index contributed by atoms with van der Waals surface area (Å²) in [5, 5.41) is 0. The molecule has 0 bridgehead atoms. The first kappa shape index (κ1) is 21.7. The molecule has 7 nitrogen and oxygen atoms in total. The van der Waals surface area contributed by atoms with Crippen LogP contribution in [-0.4, -0.2) is 48.3 Å². The van der Waals surface area contributed by atoms with Crippen LogP contribution in [-0.2, 0) is 33.3 Å². The second-order valence-corrected chi connectivity index (χ2v) is 8.08. The predicted molar refractivity (Wildman–Crippen MR) is 101 cm³/mol. The SMILES string of the molecule is CC(=O)OC[C@H]1O[C@H](Sc2ccc(Br)cc2)C[C@@H](OC(C)=O)[C@@H]1OC(C)=O. The Balaban J connectivity index is 2.19. The van der Waals surface area contributed by atoms with Gasteiger partial charge in [0.25, 0.3) is 0 Å². The van der Waals surface area contributed by atoms with E-state index in [1.54, 1.807) is 0 Å². The Kier molecular flexibility index (Phi) is 8.12. The van der Waals surface area contributed by atoms with Gasteiger partial charge in [0.05, 0.1) is 0 Å². The molecule has 1 saturated heterocycles. The van der Waals surface area contributed by atoms with E-state index >= 15 is 0 Å². The first-order valence-corrected chi connectivity index (χ1v) is 9.97. The molecule has 0 amide bonds. The Hall–Kier alpha value is -1.58. The van der Waals surface area contributed by atoms with Gasteiger partial charge in [-0.25, -0.2) is 0 Å². The predicted octanol–water partition coefficient (Wildman–Crippen LogP) is 3.08. The Morgan fingerprint density at radius 1 is 1.07 bits per heavy atom. The molecule has 0 aromatic heterocycles. The van der Waals surface area contributed by atoms with Crippen molar-refractivity contribution in [3.05, 3.63) is 28.7 Å². The average Bonchev–Trinajstić information content (AvgIpc) is 2.56. The normalized spacial score (nSPS) is 24.7. The zero-order chi connectivity index (χ0) is 20.0. The third kappa shape index (κ3) is 7.15. The molecule has 0 spiro atoms. The number of ether oxygens (including phenoxy) is 4. The maximum absolute atomic E-state index is 11.5. The monoisotopic (exact) mass is 460 g/mol.